The molecule has 1 unspecified atom stereocenters. The fraction of sp³-hybridized carbons (Fsp3) is 0.556. The molecule has 0 aliphatic heterocycles. The number of nitrogens with one attached hydrogen (secondary N) is 2. The van der Waals surface area contributed by atoms with Gasteiger partial charge < -0.3 is 10.7 Å². The Hall–Kier alpha value is -1.20. The number of carbonyl (C=O) groups is 1. The van der Waals surface area contributed by atoms with Gasteiger partial charge in [-0.25, -0.2) is 4.98 Å². The minimum absolute atomic E-state index is 0.202. The van der Waals surface area contributed by atoms with E-state index in [9.17, 15) is 4.79 Å². The fourth-order valence-electron chi connectivity index (χ4n) is 1.35. The van der Waals surface area contributed by atoms with Crippen molar-refractivity contribution in [3.63, 3.8) is 0 Å². The van der Waals surface area contributed by atoms with Crippen LogP contribution in [-0.2, 0) is 0 Å². The third kappa shape index (κ3) is 2.00. The first-order valence-corrected chi connectivity index (χ1v) is 4.66. The number of Topliss-reactive ketones (excluding diaryl/α,β-unsaturated/α-hetero) is 1. The number of aromatic nitrogens is 2. The van der Waals surface area contributed by atoms with E-state index in [2.05, 4.69) is 15.3 Å². The maximum atomic E-state index is 11.9. The molecular weight excluding hydrogens is 180 g/mol. The largest absolute Gasteiger partial charge is 0.342 e. The number of ketones is 1. The molecule has 5 heteroatoms. The van der Waals surface area contributed by atoms with E-state index < -0.39 is 5.66 Å². The Morgan fingerprint density at radius 1 is 1.79 bits per heavy atom. The Balaban J connectivity index is 2.85. The Bertz CT molecular complexity index is 296. The molecule has 1 atom stereocenters. The van der Waals surface area contributed by atoms with Gasteiger partial charge in [0, 0.05) is 12.4 Å². The van der Waals surface area contributed by atoms with E-state index in [-0.39, 0.29) is 5.78 Å². The second-order valence-electron chi connectivity index (χ2n) is 3.24. The molecule has 78 valence electrons. The first-order chi connectivity index (χ1) is 6.64. The molecule has 1 aromatic rings. The van der Waals surface area contributed by atoms with Gasteiger partial charge in [-0.3, -0.25) is 10.1 Å². The number of imidazole rings is 1. The summed E-state index contributed by atoms with van der Waals surface area (Å²) in [5, 5.41) is 2.84. The molecule has 0 fully saturated rings. The van der Waals surface area contributed by atoms with Crippen LogP contribution in [0.2, 0.25) is 0 Å². The molecule has 0 aromatic carbocycles. The summed E-state index contributed by atoms with van der Waals surface area (Å²) in [7, 11) is 1.68. The van der Waals surface area contributed by atoms with Crippen LogP contribution in [0.3, 0.4) is 0 Å². The lowest BCUT2D eigenvalue weighted by atomic mass is 9.99. The van der Waals surface area contributed by atoms with Gasteiger partial charge in [0.2, 0.25) is 5.78 Å². The number of hydrogen-bond donors (Lipinski definition) is 3. The van der Waals surface area contributed by atoms with Crippen LogP contribution in [0.1, 0.15) is 30.4 Å². The van der Waals surface area contributed by atoms with Gasteiger partial charge in [0.1, 0.15) is 5.66 Å². The number of likely N-dealkylation sites (N-methyl/N-ethyl adjacent to an activating group) is 1. The van der Waals surface area contributed by atoms with Crippen LogP contribution >= 0.6 is 0 Å². The molecule has 0 bridgehead atoms. The molecule has 0 aliphatic rings. The van der Waals surface area contributed by atoms with Crippen molar-refractivity contribution in [3.8, 4) is 0 Å². The van der Waals surface area contributed by atoms with Gasteiger partial charge in [-0.15, -0.1) is 0 Å². The molecule has 0 saturated carbocycles. The van der Waals surface area contributed by atoms with Crippen LogP contribution in [0.4, 0.5) is 0 Å². The summed E-state index contributed by atoms with van der Waals surface area (Å²) in [5.41, 5.74) is 4.91. The number of carbonyl (C=O) groups excluding carboxylic acids is 1. The Kier molecular flexibility index (Phi) is 3.38. The molecular formula is C9H16N4O. The van der Waals surface area contributed by atoms with Crippen molar-refractivity contribution in [1.29, 1.82) is 0 Å². The zero-order chi connectivity index (χ0) is 10.6. The zero-order valence-electron chi connectivity index (χ0n) is 8.50. The van der Waals surface area contributed by atoms with E-state index >= 15 is 0 Å². The monoisotopic (exact) mass is 196 g/mol. The molecule has 0 aliphatic carbocycles. The van der Waals surface area contributed by atoms with Crippen LogP contribution < -0.4 is 11.1 Å². The minimum atomic E-state index is -1.01. The smallest absolute Gasteiger partial charge is 0.232 e. The van der Waals surface area contributed by atoms with E-state index in [1.807, 2.05) is 6.92 Å². The summed E-state index contributed by atoms with van der Waals surface area (Å²) in [5.74, 6) is 0.0992. The second-order valence-corrected chi connectivity index (χ2v) is 3.24. The van der Waals surface area contributed by atoms with Gasteiger partial charge in [0.15, 0.2) is 5.82 Å². The fourth-order valence-corrected chi connectivity index (χ4v) is 1.35. The van der Waals surface area contributed by atoms with Crippen LogP contribution in [0.25, 0.3) is 0 Å². The number of rotatable bonds is 5. The van der Waals surface area contributed by atoms with Gasteiger partial charge >= 0.3 is 0 Å². The van der Waals surface area contributed by atoms with E-state index in [0.717, 1.165) is 6.42 Å². The highest BCUT2D eigenvalue weighted by molar-refractivity contribution is 5.99. The summed E-state index contributed by atoms with van der Waals surface area (Å²) in [4.78, 5) is 18.5. The van der Waals surface area contributed by atoms with Crippen molar-refractivity contribution >= 4 is 5.78 Å². The molecule has 14 heavy (non-hydrogen) atoms. The molecule has 0 saturated heterocycles. The highest BCUT2D eigenvalue weighted by Crippen LogP contribution is 2.10. The second kappa shape index (κ2) is 4.34. The molecule has 0 amide bonds. The van der Waals surface area contributed by atoms with Gasteiger partial charge in [0.25, 0.3) is 0 Å². The van der Waals surface area contributed by atoms with Crippen molar-refractivity contribution < 1.29 is 4.79 Å². The topological polar surface area (TPSA) is 83.8 Å². The third-order valence-corrected chi connectivity index (χ3v) is 2.21. The average Bonchev–Trinajstić information content (AvgIpc) is 2.69. The number of aromatic amines is 1. The average molecular weight is 196 g/mol. The molecule has 1 heterocycles. The van der Waals surface area contributed by atoms with Crippen molar-refractivity contribution in [1.82, 2.24) is 15.3 Å². The molecule has 4 N–H and O–H groups in total. The van der Waals surface area contributed by atoms with Crippen LogP contribution in [-0.4, -0.2) is 28.5 Å². The van der Waals surface area contributed by atoms with Crippen LogP contribution in [0.5, 0.6) is 0 Å². The van der Waals surface area contributed by atoms with Gasteiger partial charge in [-0.05, 0) is 13.5 Å². The lowest BCUT2D eigenvalue weighted by Crippen LogP contribution is -2.58. The molecule has 5 nitrogen and oxygen atoms in total. The standard InChI is InChI=1S/C9H16N4O/c1-3-4-9(10,11-2)7(14)8-12-5-6-13-8/h5-6,11H,3-4,10H2,1-2H3,(H,12,13). The Morgan fingerprint density at radius 3 is 2.93 bits per heavy atom. The molecule has 1 aromatic heterocycles. The number of H-pyrrole nitrogens is 1. The number of nitrogens with two attached hydrogens (primary N) is 1. The van der Waals surface area contributed by atoms with Crippen LogP contribution in [0, 0.1) is 0 Å². The highest BCUT2D eigenvalue weighted by atomic mass is 16.1. The van der Waals surface area contributed by atoms with E-state index in [0.29, 0.717) is 12.2 Å². The number of nitrogens with zero attached hydrogens (tertiary/aromatic N) is 1. The summed E-state index contributed by atoms with van der Waals surface area (Å²) >= 11 is 0. The van der Waals surface area contributed by atoms with Crippen molar-refractivity contribution in [2.75, 3.05) is 7.05 Å². The normalized spacial score (nSPS) is 15.1. The van der Waals surface area contributed by atoms with E-state index in [4.69, 9.17) is 5.73 Å². The summed E-state index contributed by atoms with van der Waals surface area (Å²) in [6.45, 7) is 1.98. The van der Waals surface area contributed by atoms with E-state index in [1.54, 1.807) is 13.2 Å². The van der Waals surface area contributed by atoms with Crippen molar-refractivity contribution in [2.45, 2.75) is 25.4 Å². The molecule has 0 spiro atoms. The molecule has 0 radical (unpaired) electrons. The summed E-state index contributed by atoms with van der Waals surface area (Å²) < 4.78 is 0. The maximum absolute atomic E-state index is 11.9. The zero-order valence-corrected chi connectivity index (χ0v) is 8.50. The SMILES string of the molecule is CCCC(N)(NC)C(=O)c1ncc[nH]1. The first-order valence-electron chi connectivity index (χ1n) is 4.66. The lowest BCUT2D eigenvalue weighted by molar-refractivity contribution is 0.0841. The summed E-state index contributed by atoms with van der Waals surface area (Å²) in [6.07, 6.45) is 4.57. The first kappa shape index (κ1) is 10.9. The lowest BCUT2D eigenvalue weighted by Gasteiger charge is -2.25. The van der Waals surface area contributed by atoms with Crippen molar-refractivity contribution in [2.24, 2.45) is 5.73 Å². The Morgan fingerprint density at radius 2 is 2.50 bits per heavy atom. The maximum Gasteiger partial charge on any atom is 0.232 e. The number of hydrogen-bond acceptors (Lipinski definition) is 4. The predicted molar refractivity (Wildman–Crippen MR) is 53.8 cm³/mol. The predicted octanol–water partition coefficient (Wildman–Crippen LogP) is 0.267. The highest BCUT2D eigenvalue weighted by Gasteiger charge is 2.33. The third-order valence-electron chi connectivity index (χ3n) is 2.21. The quantitative estimate of drug-likeness (QED) is 0.466. The minimum Gasteiger partial charge on any atom is -0.342 e. The van der Waals surface area contributed by atoms with Crippen molar-refractivity contribution in [3.05, 3.63) is 18.2 Å². The summed E-state index contributed by atoms with van der Waals surface area (Å²) in [6, 6.07) is 0. The Labute approximate surface area is 83.1 Å². The molecule has 1 rings (SSSR count). The van der Waals surface area contributed by atoms with E-state index in [1.165, 1.54) is 6.20 Å². The van der Waals surface area contributed by atoms with Gasteiger partial charge in [-0.1, -0.05) is 13.3 Å². The van der Waals surface area contributed by atoms with Gasteiger partial charge in [0.05, 0.1) is 0 Å². The van der Waals surface area contributed by atoms with Gasteiger partial charge in [-0.2, -0.15) is 0 Å². The van der Waals surface area contributed by atoms with Crippen LogP contribution in [0.15, 0.2) is 12.4 Å².